The summed E-state index contributed by atoms with van der Waals surface area (Å²) >= 11 is 3.47. The Labute approximate surface area is 105 Å². The number of halogens is 1. The van der Waals surface area contributed by atoms with E-state index in [1.165, 1.54) is 4.52 Å². The van der Waals surface area contributed by atoms with E-state index in [1.807, 2.05) is 24.3 Å². The zero-order chi connectivity index (χ0) is 11.8. The molecular weight excluding hydrogens is 282 g/mol. The summed E-state index contributed by atoms with van der Waals surface area (Å²) in [4.78, 5) is 15.0. The second-order valence-electron chi connectivity index (χ2n) is 3.63. The molecule has 0 saturated heterocycles. The summed E-state index contributed by atoms with van der Waals surface area (Å²) in [5.74, 6) is 0. The third-order valence-corrected chi connectivity index (χ3v) is 3.24. The van der Waals surface area contributed by atoms with Gasteiger partial charge in [-0.05, 0) is 6.07 Å². The third kappa shape index (κ3) is 1.68. The van der Waals surface area contributed by atoms with Crippen LogP contribution in [-0.2, 0) is 0 Å². The normalized spacial score (nSPS) is 10.9. The fourth-order valence-electron chi connectivity index (χ4n) is 1.76. The second kappa shape index (κ2) is 3.85. The van der Waals surface area contributed by atoms with Crippen molar-refractivity contribution in [3.63, 3.8) is 0 Å². The monoisotopic (exact) mass is 289 g/mol. The number of hydrogen-bond donors (Lipinski definition) is 1. The maximum absolute atomic E-state index is 11.8. The molecule has 0 fully saturated rings. The van der Waals surface area contributed by atoms with Crippen LogP contribution in [0.1, 0.15) is 0 Å². The average molecular weight is 290 g/mol. The number of aromatic amines is 1. The van der Waals surface area contributed by atoms with Crippen LogP contribution in [0.15, 0.2) is 51.9 Å². The van der Waals surface area contributed by atoms with E-state index in [1.54, 1.807) is 18.3 Å². The van der Waals surface area contributed by atoms with E-state index < -0.39 is 0 Å². The summed E-state index contributed by atoms with van der Waals surface area (Å²) in [5.41, 5.74) is 2.27. The van der Waals surface area contributed by atoms with Crippen molar-refractivity contribution in [2.45, 2.75) is 0 Å². The van der Waals surface area contributed by atoms with E-state index in [0.29, 0.717) is 5.65 Å². The molecule has 17 heavy (non-hydrogen) atoms. The molecule has 0 atom stereocenters. The van der Waals surface area contributed by atoms with Gasteiger partial charge < -0.3 is 4.98 Å². The van der Waals surface area contributed by atoms with Crippen molar-refractivity contribution >= 4 is 21.6 Å². The van der Waals surface area contributed by atoms with Crippen LogP contribution < -0.4 is 5.56 Å². The molecule has 5 heteroatoms. The summed E-state index contributed by atoms with van der Waals surface area (Å²) < 4.78 is 2.28. The number of nitrogens with zero attached hydrogens (tertiary/aromatic N) is 2. The molecule has 3 aromatic rings. The van der Waals surface area contributed by atoms with Gasteiger partial charge in [-0.15, -0.1) is 0 Å². The zero-order valence-corrected chi connectivity index (χ0v) is 10.3. The Balaban J connectivity index is 2.32. The average Bonchev–Trinajstić information content (AvgIpc) is 2.78. The van der Waals surface area contributed by atoms with Crippen LogP contribution in [0.3, 0.4) is 0 Å². The van der Waals surface area contributed by atoms with Crippen LogP contribution >= 0.6 is 15.9 Å². The SMILES string of the molecule is O=c1cc(-c2ccccc2Br)[nH]c2ccnn12. The van der Waals surface area contributed by atoms with Gasteiger partial charge in [0.2, 0.25) is 0 Å². The van der Waals surface area contributed by atoms with Crippen molar-refractivity contribution in [1.29, 1.82) is 0 Å². The molecule has 0 unspecified atom stereocenters. The van der Waals surface area contributed by atoms with Gasteiger partial charge in [0, 0.05) is 22.2 Å². The van der Waals surface area contributed by atoms with Crippen molar-refractivity contribution < 1.29 is 0 Å². The second-order valence-corrected chi connectivity index (χ2v) is 4.48. The number of rotatable bonds is 1. The Kier molecular flexibility index (Phi) is 2.33. The number of H-pyrrole nitrogens is 1. The van der Waals surface area contributed by atoms with Crippen molar-refractivity contribution in [2.24, 2.45) is 0 Å². The van der Waals surface area contributed by atoms with Gasteiger partial charge in [-0.1, -0.05) is 34.1 Å². The molecule has 0 radical (unpaired) electrons. The van der Waals surface area contributed by atoms with Crippen LogP contribution in [0.4, 0.5) is 0 Å². The zero-order valence-electron chi connectivity index (χ0n) is 8.72. The molecule has 4 nitrogen and oxygen atoms in total. The molecule has 0 spiro atoms. The highest BCUT2D eigenvalue weighted by atomic mass is 79.9. The Morgan fingerprint density at radius 1 is 1.24 bits per heavy atom. The minimum Gasteiger partial charge on any atom is -0.339 e. The van der Waals surface area contributed by atoms with Gasteiger partial charge in [0.05, 0.1) is 11.9 Å². The topological polar surface area (TPSA) is 50.2 Å². The highest BCUT2D eigenvalue weighted by molar-refractivity contribution is 9.10. The molecule has 3 rings (SSSR count). The molecule has 0 aliphatic carbocycles. The minimum absolute atomic E-state index is 0.144. The van der Waals surface area contributed by atoms with E-state index in [4.69, 9.17) is 0 Å². The number of fused-ring (bicyclic) bond motifs is 1. The van der Waals surface area contributed by atoms with E-state index >= 15 is 0 Å². The summed E-state index contributed by atoms with van der Waals surface area (Å²) in [6.07, 6.45) is 1.59. The summed E-state index contributed by atoms with van der Waals surface area (Å²) in [6.45, 7) is 0. The van der Waals surface area contributed by atoms with Gasteiger partial charge in [-0.25, -0.2) is 0 Å². The Bertz CT molecular complexity index is 745. The molecule has 2 heterocycles. The Morgan fingerprint density at radius 3 is 2.88 bits per heavy atom. The predicted molar refractivity (Wildman–Crippen MR) is 68.9 cm³/mol. The lowest BCUT2D eigenvalue weighted by molar-refractivity contribution is 0.901. The lowest BCUT2D eigenvalue weighted by Gasteiger charge is -2.04. The third-order valence-electron chi connectivity index (χ3n) is 2.55. The lowest BCUT2D eigenvalue weighted by Crippen LogP contribution is -2.14. The molecule has 0 amide bonds. The van der Waals surface area contributed by atoms with Crippen molar-refractivity contribution in [1.82, 2.24) is 14.6 Å². The molecule has 0 bridgehead atoms. The van der Waals surface area contributed by atoms with Crippen LogP contribution in [-0.4, -0.2) is 14.6 Å². The maximum atomic E-state index is 11.8. The summed E-state index contributed by atoms with van der Waals surface area (Å²) in [7, 11) is 0. The molecular formula is C12H8BrN3O. The molecule has 0 saturated carbocycles. The molecule has 84 valence electrons. The quantitative estimate of drug-likeness (QED) is 0.748. The molecule has 1 N–H and O–H groups in total. The first kappa shape index (κ1) is 10.3. The summed E-state index contributed by atoms with van der Waals surface area (Å²) in [6, 6.07) is 11.1. The molecule has 2 aromatic heterocycles. The fraction of sp³-hybridized carbons (Fsp3) is 0. The lowest BCUT2D eigenvalue weighted by atomic mass is 10.1. The highest BCUT2D eigenvalue weighted by Crippen LogP contribution is 2.25. The fourth-order valence-corrected chi connectivity index (χ4v) is 2.26. The molecule has 0 aliphatic rings. The standard InChI is InChI=1S/C12H8BrN3O/c13-9-4-2-1-3-8(9)10-7-12(17)16-11(15-10)5-6-14-16/h1-7,15H. The van der Waals surface area contributed by atoms with Crippen LogP contribution in [0.5, 0.6) is 0 Å². The van der Waals surface area contributed by atoms with Gasteiger partial charge in [-0.2, -0.15) is 9.61 Å². The number of nitrogens with one attached hydrogen (secondary N) is 1. The van der Waals surface area contributed by atoms with E-state index in [2.05, 4.69) is 26.0 Å². The van der Waals surface area contributed by atoms with Gasteiger partial charge in [-0.3, -0.25) is 4.79 Å². The predicted octanol–water partition coefficient (Wildman–Crippen LogP) is 2.45. The first-order chi connectivity index (χ1) is 8.25. The number of benzene rings is 1. The summed E-state index contributed by atoms with van der Waals surface area (Å²) in [5, 5.41) is 3.94. The smallest absolute Gasteiger partial charge is 0.274 e. The Hall–Kier alpha value is -1.88. The molecule has 0 aliphatic heterocycles. The van der Waals surface area contributed by atoms with Gasteiger partial charge in [0.15, 0.2) is 0 Å². The van der Waals surface area contributed by atoms with Crippen molar-refractivity contribution in [2.75, 3.05) is 0 Å². The van der Waals surface area contributed by atoms with Gasteiger partial charge in [0.1, 0.15) is 5.65 Å². The molecule has 1 aromatic carbocycles. The Morgan fingerprint density at radius 2 is 2.06 bits per heavy atom. The number of hydrogen-bond acceptors (Lipinski definition) is 2. The maximum Gasteiger partial charge on any atom is 0.274 e. The van der Waals surface area contributed by atoms with Gasteiger partial charge >= 0.3 is 0 Å². The van der Waals surface area contributed by atoms with Crippen LogP contribution in [0.2, 0.25) is 0 Å². The highest BCUT2D eigenvalue weighted by Gasteiger charge is 2.06. The van der Waals surface area contributed by atoms with E-state index in [-0.39, 0.29) is 5.56 Å². The van der Waals surface area contributed by atoms with E-state index in [9.17, 15) is 4.79 Å². The van der Waals surface area contributed by atoms with Crippen LogP contribution in [0.25, 0.3) is 16.9 Å². The van der Waals surface area contributed by atoms with Crippen LogP contribution in [0, 0.1) is 0 Å². The van der Waals surface area contributed by atoms with Crippen molar-refractivity contribution in [3.05, 3.63) is 57.4 Å². The largest absolute Gasteiger partial charge is 0.339 e. The first-order valence-electron chi connectivity index (χ1n) is 5.08. The van der Waals surface area contributed by atoms with Crippen molar-refractivity contribution in [3.8, 4) is 11.3 Å². The van der Waals surface area contributed by atoms with E-state index in [0.717, 1.165) is 15.7 Å². The van der Waals surface area contributed by atoms with Gasteiger partial charge in [0.25, 0.3) is 5.56 Å². The first-order valence-corrected chi connectivity index (χ1v) is 5.87. The minimum atomic E-state index is -0.144. The number of aromatic nitrogens is 3.